The Labute approximate surface area is 167 Å². The monoisotopic (exact) mass is 400 g/mol. The van der Waals surface area contributed by atoms with Gasteiger partial charge in [0, 0.05) is 17.9 Å². The molecule has 0 aliphatic carbocycles. The third-order valence-corrected chi connectivity index (χ3v) is 7.91. The second kappa shape index (κ2) is 7.99. The first-order valence-electron chi connectivity index (χ1n) is 9.08. The van der Waals surface area contributed by atoms with Crippen molar-refractivity contribution in [3.8, 4) is 11.5 Å². The maximum absolute atomic E-state index is 6.10. The summed E-state index contributed by atoms with van der Waals surface area (Å²) in [4.78, 5) is 0. The van der Waals surface area contributed by atoms with Gasteiger partial charge >= 0.3 is 0 Å². The standard InChI is InChI=1S/C23H32O2SSi/c1-9-26(5,6)24-21-15-11-19(12-16-21)23(3,4)20-13-17-22(18-14-20)25-27(7,8)10-2/h9-18H,1-2H2,3-8H3. The highest BCUT2D eigenvalue weighted by atomic mass is 32.3. The van der Waals surface area contributed by atoms with Crippen LogP contribution < -0.4 is 8.61 Å². The van der Waals surface area contributed by atoms with Gasteiger partial charge in [-0.15, -0.1) is 6.58 Å². The number of hydrogen-bond acceptors (Lipinski definition) is 2. The van der Waals surface area contributed by atoms with Gasteiger partial charge in [-0.1, -0.05) is 60.7 Å². The lowest BCUT2D eigenvalue weighted by Crippen LogP contribution is -2.31. The number of hydrogen-bond donors (Lipinski definition) is 0. The molecule has 0 fully saturated rings. The average Bonchev–Trinajstić information content (AvgIpc) is 2.62. The summed E-state index contributed by atoms with van der Waals surface area (Å²) in [7, 11) is -3.08. The molecule has 0 N–H and O–H groups in total. The van der Waals surface area contributed by atoms with Crippen LogP contribution in [0.4, 0.5) is 0 Å². The Balaban J connectivity index is 2.20. The summed E-state index contributed by atoms with van der Waals surface area (Å²) >= 11 is 0. The highest BCUT2D eigenvalue weighted by Crippen LogP contribution is 2.43. The van der Waals surface area contributed by atoms with Gasteiger partial charge in [-0.05, 0) is 53.9 Å². The van der Waals surface area contributed by atoms with Crippen LogP contribution in [0.2, 0.25) is 13.1 Å². The zero-order chi connectivity index (χ0) is 20.3. The fourth-order valence-electron chi connectivity index (χ4n) is 2.66. The van der Waals surface area contributed by atoms with E-state index in [-0.39, 0.29) is 5.41 Å². The summed E-state index contributed by atoms with van der Waals surface area (Å²) in [6.45, 7) is 16.5. The summed E-state index contributed by atoms with van der Waals surface area (Å²) in [5.41, 5.74) is 4.34. The van der Waals surface area contributed by atoms with E-state index in [2.05, 4.69) is 89.0 Å². The summed E-state index contributed by atoms with van der Waals surface area (Å²) in [5.74, 6) is 1.79. The summed E-state index contributed by atoms with van der Waals surface area (Å²) in [6.07, 6.45) is 4.16. The van der Waals surface area contributed by atoms with Gasteiger partial charge in [0.1, 0.15) is 11.5 Å². The summed E-state index contributed by atoms with van der Waals surface area (Å²) < 4.78 is 12.1. The van der Waals surface area contributed by atoms with Crippen molar-refractivity contribution in [1.82, 2.24) is 0 Å². The predicted octanol–water partition coefficient (Wildman–Crippen LogP) is 6.82. The SMILES string of the molecule is C=C[Si](C)(C)Oc1ccc(C(C)(C)c2ccc(OS(C)(C)C=C)cc2)cc1. The first kappa shape index (κ1) is 21.4. The zero-order valence-electron chi connectivity index (χ0n) is 17.4. The molecule has 0 spiro atoms. The highest BCUT2D eigenvalue weighted by molar-refractivity contribution is 8.31. The van der Waals surface area contributed by atoms with Crippen LogP contribution in [0.5, 0.6) is 11.5 Å². The molecule has 0 radical (unpaired) electrons. The molecule has 0 aliphatic rings. The van der Waals surface area contributed by atoms with E-state index >= 15 is 0 Å². The van der Waals surface area contributed by atoms with Gasteiger partial charge in [0.15, 0.2) is 0 Å². The second-order valence-electron chi connectivity index (χ2n) is 8.14. The first-order valence-corrected chi connectivity index (χ1v) is 14.5. The van der Waals surface area contributed by atoms with Crippen molar-refractivity contribution in [1.29, 1.82) is 0 Å². The van der Waals surface area contributed by atoms with Gasteiger partial charge in [-0.2, -0.15) is 0 Å². The Morgan fingerprint density at radius 1 is 0.852 bits per heavy atom. The van der Waals surface area contributed by atoms with Crippen molar-refractivity contribution in [3.63, 3.8) is 0 Å². The van der Waals surface area contributed by atoms with Gasteiger partial charge in [0.25, 0.3) is 8.32 Å². The highest BCUT2D eigenvalue weighted by Gasteiger charge is 2.24. The Hall–Kier alpha value is -1.91. The molecule has 146 valence electrons. The number of benzene rings is 2. The van der Waals surface area contributed by atoms with E-state index in [0.29, 0.717) is 0 Å². The fraction of sp³-hybridized carbons (Fsp3) is 0.304. The smallest absolute Gasteiger partial charge is 0.269 e. The van der Waals surface area contributed by atoms with E-state index in [4.69, 9.17) is 8.61 Å². The molecule has 27 heavy (non-hydrogen) atoms. The molecule has 0 heterocycles. The molecule has 4 heteroatoms. The molecule has 0 unspecified atom stereocenters. The van der Waals surface area contributed by atoms with E-state index in [1.54, 1.807) is 0 Å². The summed E-state index contributed by atoms with van der Waals surface area (Å²) in [5, 5.41) is 1.89. The molecule has 0 aliphatic heterocycles. The van der Waals surface area contributed by atoms with E-state index < -0.39 is 18.6 Å². The minimum Gasteiger partial charge on any atom is -0.540 e. The largest absolute Gasteiger partial charge is 0.540 e. The molecule has 2 aromatic carbocycles. The molecule has 0 saturated heterocycles. The van der Waals surface area contributed by atoms with Crippen LogP contribution in [0.3, 0.4) is 0 Å². The lowest BCUT2D eigenvalue weighted by Gasteiger charge is -2.29. The van der Waals surface area contributed by atoms with E-state index in [0.717, 1.165) is 11.5 Å². The molecule has 0 bridgehead atoms. The Bertz CT molecular complexity index is 723. The lowest BCUT2D eigenvalue weighted by molar-refractivity contribution is 0.561. The second-order valence-corrected chi connectivity index (χ2v) is 15.1. The molecule has 2 aromatic rings. The Morgan fingerprint density at radius 3 is 1.70 bits per heavy atom. The van der Waals surface area contributed by atoms with Gasteiger partial charge in [0.2, 0.25) is 0 Å². The molecule has 0 atom stereocenters. The average molecular weight is 401 g/mol. The minimum absolute atomic E-state index is 0.108. The van der Waals surface area contributed by atoms with Crippen molar-refractivity contribution in [2.75, 3.05) is 12.5 Å². The van der Waals surface area contributed by atoms with Gasteiger partial charge < -0.3 is 8.61 Å². The fourth-order valence-corrected chi connectivity index (χ4v) is 4.16. The van der Waals surface area contributed by atoms with Crippen LogP contribution in [0.25, 0.3) is 0 Å². The van der Waals surface area contributed by atoms with Crippen LogP contribution in [-0.2, 0) is 5.41 Å². The van der Waals surface area contributed by atoms with Crippen LogP contribution in [0.15, 0.2) is 72.8 Å². The van der Waals surface area contributed by atoms with Crippen molar-refractivity contribution < 1.29 is 8.61 Å². The quantitative estimate of drug-likeness (QED) is 0.452. The normalized spacial score (nSPS) is 13.0. The third-order valence-electron chi connectivity index (χ3n) is 4.74. The van der Waals surface area contributed by atoms with Gasteiger partial charge in [0.05, 0.1) is 0 Å². The van der Waals surface area contributed by atoms with Crippen molar-refractivity contribution in [2.24, 2.45) is 0 Å². The summed E-state index contributed by atoms with van der Waals surface area (Å²) in [6, 6.07) is 16.8. The van der Waals surface area contributed by atoms with Crippen molar-refractivity contribution in [2.45, 2.75) is 32.4 Å². The lowest BCUT2D eigenvalue weighted by atomic mass is 9.78. The Morgan fingerprint density at radius 2 is 1.30 bits per heavy atom. The Kier molecular flexibility index (Phi) is 6.33. The maximum Gasteiger partial charge on any atom is 0.269 e. The number of rotatable bonds is 8. The van der Waals surface area contributed by atoms with Crippen LogP contribution in [-0.4, -0.2) is 20.8 Å². The topological polar surface area (TPSA) is 18.5 Å². The van der Waals surface area contributed by atoms with Gasteiger partial charge in [-0.3, -0.25) is 0 Å². The van der Waals surface area contributed by atoms with Gasteiger partial charge in [-0.25, -0.2) is 0 Å². The van der Waals surface area contributed by atoms with Crippen LogP contribution in [0.1, 0.15) is 25.0 Å². The molecule has 0 amide bonds. The molecule has 2 nitrogen and oxygen atoms in total. The zero-order valence-corrected chi connectivity index (χ0v) is 19.2. The van der Waals surface area contributed by atoms with E-state index in [1.807, 2.05) is 23.2 Å². The van der Waals surface area contributed by atoms with Crippen LogP contribution in [0, 0.1) is 0 Å². The molecule has 0 aromatic heterocycles. The minimum atomic E-state index is -1.83. The van der Waals surface area contributed by atoms with Crippen molar-refractivity contribution in [3.05, 3.63) is 83.9 Å². The molecule has 2 rings (SSSR count). The van der Waals surface area contributed by atoms with Crippen LogP contribution >= 0.6 is 10.3 Å². The van der Waals surface area contributed by atoms with E-state index in [9.17, 15) is 0 Å². The third kappa shape index (κ3) is 5.53. The molecule has 0 saturated carbocycles. The first-order chi connectivity index (χ1) is 12.5. The molecular weight excluding hydrogens is 368 g/mol. The predicted molar refractivity (Wildman–Crippen MR) is 124 cm³/mol. The van der Waals surface area contributed by atoms with Crippen molar-refractivity contribution >= 4 is 18.6 Å². The molecular formula is C23H32O2SSi. The maximum atomic E-state index is 6.10. The van der Waals surface area contributed by atoms with E-state index in [1.165, 1.54) is 11.1 Å².